The lowest BCUT2D eigenvalue weighted by molar-refractivity contribution is -0.113. The summed E-state index contributed by atoms with van der Waals surface area (Å²) in [6, 6.07) is 13.7. The van der Waals surface area contributed by atoms with Gasteiger partial charge < -0.3 is 10.3 Å². The Morgan fingerprint density at radius 2 is 1.94 bits per heavy atom. The van der Waals surface area contributed by atoms with E-state index in [4.69, 9.17) is 0 Å². The van der Waals surface area contributed by atoms with E-state index in [1.54, 1.807) is 12.1 Å². The molecule has 0 bridgehead atoms. The fraction of sp³-hybridized carbons (Fsp3) is 0.227. The van der Waals surface area contributed by atoms with E-state index in [0.29, 0.717) is 35.9 Å². The van der Waals surface area contributed by atoms with Crippen molar-refractivity contribution in [3.63, 3.8) is 0 Å². The van der Waals surface area contributed by atoms with Crippen molar-refractivity contribution in [1.82, 2.24) is 14.9 Å². The molecule has 1 aromatic heterocycles. The molecule has 0 unspecified atom stereocenters. The second kappa shape index (κ2) is 9.76. The Morgan fingerprint density at radius 1 is 1.19 bits per heavy atom. The van der Waals surface area contributed by atoms with Crippen LogP contribution in [0.3, 0.4) is 0 Å². The number of anilines is 1. The molecule has 2 aromatic carbocycles. The number of thioether (sulfide) groups is 1. The number of carbonyl (C=O) groups excluding carboxylic acids is 1. The number of carbonyl (C=O) groups is 1. The molecular formula is C22H20BrFN4O2S. The maximum atomic E-state index is 13.1. The van der Waals surface area contributed by atoms with Crippen molar-refractivity contribution < 1.29 is 9.18 Å². The van der Waals surface area contributed by atoms with Gasteiger partial charge in [0, 0.05) is 36.2 Å². The standard InChI is InChI=1S/C22H20BrFN4O2S/c23-15-3-7-17(8-4-15)25-20(29)13-31-22-26-19-9-10-28(12-18(19)21(30)27-22)11-14-1-5-16(24)6-2-14/h1-8H,9-13H2,(H,25,29)(H,26,27,30). The zero-order valence-corrected chi connectivity index (χ0v) is 18.9. The van der Waals surface area contributed by atoms with Crippen molar-refractivity contribution in [2.45, 2.75) is 24.7 Å². The van der Waals surface area contributed by atoms with Gasteiger partial charge in [0.1, 0.15) is 5.82 Å². The molecule has 0 radical (unpaired) electrons. The van der Waals surface area contributed by atoms with Gasteiger partial charge in [0.2, 0.25) is 5.91 Å². The van der Waals surface area contributed by atoms with Crippen molar-refractivity contribution in [2.24, 2.45) is 0 Å². The summed E-state index contributed by atoms with van der Waals surface area (Å²) >= 11 is 4.56. The lowest BCUT2D eigenvalue weighted by Crippen LogP contribution is -2.35. The second-order valence-corrected chi connectivity index (χ2v) is 9.11. The average Bonchev–Trinajstić information content (AvgIpc) is 2.76. The van der Waals surface area contributed by atoms with E-state index in [0.717, 1.165) is 22.3 Å². The number of halogens is 2. The molecule has 31 heavy (non-hydrogen) atoms. The van der Waals surface area contributed by atoms with Gasteiger partial charge in [0.15, 0.2) is 5.16 Å². The van der Waals surface area contributed by atoms with Crippen LogP contribution in [0, 0.1) is 5.82 Å². The van der Waals surface area contributed by atoms with E-state index in [-0.39, 0.29) is 23.0 Å². The first-order valence-electron chi connectivity index (χ1n) is 9.73. The number of nitrogens with zero attached hydrogens (tertiary/aromatic N) is 2. The molecule has 1 amide bonds. The van der Waals surface area contributed by atoms with Crippen LogP contribution >= 0.6 is 27.7 Å². The molecule has 9 heteroatoms. The van der Waals surface area contributed by atoms with Crippen molar-refractivity contribution in [3.05, 3.63) is 86.0 Å². The number of H-pyrrole nitrogens is 1. The third-order valence-corrected chi connectivity index (χ3v) is 6.32. The first-order chi connectivity index (χ1) is 15.0. The second-order valence-electron chi connectivity index (χ2n) is 7.23. The summed E-state index contributed by atoms with van der Waals surface area (Å²) in [5.41, 5.74) is 2.96. The Morgan fingerprint density at radius 3 is 2.68 bits per heavy atom. The molecule has 4 rings (SSSR count). The molecule has 3 aromatic rings. The van der Waals surface area contributed by atoms with Gasteiger partial charge in [0.05, 0.1) is 17.0 Å². The molecule has 6 nitrogen and oxygen atoms in total. The van der Waals surface area contributed by atoms with Crippen molar-refractivity contribution in [3.8, 4) is 0 Å². The highest BCUT2D eigenvalue weighted by Gasteiger charge is 2.21. The van der Waals surface area contributed by atoms with E-state index in [1.165, 1.54) is 23.9 Å². The molecular weight excluding hydrogens is 483 g/mol. The van der Waals surface area contributed by atoms with E-state index in [9.17, 15) is 14.0 Å². The van der Waals surface area contributed by atoms with E-state index in [2.05, 4.69) is 36.1 Å². The van der Waals surface area contributed by atoms with E-state index in [1.807, 2.05) is 24.3 Å². The lowest BCUT2D eigenvalue weighted by Gasteiger charge is -2.27. The Bertz CT molecular complexity index is 1140. The predicted octanol–water partition coefficient (Wildman–Crippen LogP) is 3.96. The predicted molar refractivity (Wildman–Crippen MR) is 123 cm³/mol. The Hall–Kier alpha value is -2.49. The fourth-order valence-corrected chi connectivity index (χ4v) is 4.32. The van der Waals surface area contributed by atoms with E-state index < -0.39 is 0 Å². The highest BCUT2D eigenvalue weighted by molar-refractivity contribution is 9.10. The molecule has 0 spiro atoms. The number of aromatic amines is 1. The van der Waals surface area contributed by atoms with Gasteiger partial charge in [-0.15, -0.1) is 0 Å². The van der Waals surface area contributed by atoms with Gasteiger partial charge >= 0.3 is 0 Å². The third kappa shape index (κ3) is 5.81. The van der Waals surface area contributed by atoms with Gasteiger partial charge in [-0.25, -0.2) is 9.37 Å². The smallest absolute Gasteiger partial charge is 0.256 e. The number of amides is 1. The van der Waals surface area contributed by atoms with Crippen molar-refractivity contribution >= 4 is 39.3 Å². The Labute approximate surface area is 191 Å². The minimum atomic E-state index is -0.260. The summed E-state index contributed by atoms with van der Waals surface area (Å²) in [5.74, 6) is -0.281. The largest absolute Gasteiger partial charge is 0.325 e. The van der Waals surface area contributed by atoms with E-state index >= 15 is 0 Å². The number of rotatable bonds is 6. The quantitative estimate of drug-likeness (QED) is 0.394. The molecule has 1 aliphatic rings. The highest BCUT2D eigenvalue weighted by atomic mass is 79.9. The number of hydrogen-bond acceptors (Lipinski definition) is 5. The molecule has 2 N–H and O–H groups in total. The zero-order chi connectivity index (χ0) is 21.8. The number of fused-ring (bicyclic) bond motifs is 1. The van der Waals surface area contributed by atoms with Crippen LogP contribution in [-0.2, 0) is 24.3 Å². The minimum absolute atomic E-state index is 0.147. The Kier molecular flexibility index (Phi) is 6.84. The summed E-state index contributed by atoms with van der Waals surface area (Å²) in [5, 5.41) is 3.26. The van der Waals surface area contributed by atoms with Gasteiger partial charge in [-0.3, -0.25) is 14.5 Å². The average molecular weight is 503 g/mol. The van der Waals surface area contributed by atoms with Crippen LogP contribution in [0.2, 0.25) is 0 Å². The molecule has 0 saturated carbocycles. The van der Waals surface area contributed by atoms with Gasteiger partial charge in [-0.05, 0) is 42.0 Å². The van der Waals surface area contributed by atoms with Crippen molar-refractivity contribution in [1.29, 1.82) is 0 Å². The Balaban J connectivity index is 1.36. The van der Waals surface area contributed by atoms with Crippen molar-refractivity contribution in [2.75, 3.05) is 17.6 Å². The molecule has 0 saturated heterocycles. The summed E-state index contributed by atoms with van der Waals surface area (Å²) < 4.78 is 14.0. The van der Waals surface area contributed by atoms with Crippen LogP contribution in [0.15, 0.2) is 63.0 Å². The molecule has 1 aliphatic heterocycles. The highest BCUT2D eigenvalue weighted by Crippen LogP contribution is 2.20. The SMILES string of the molecule is O=C(CSc1nc2c(c(=O)[nH]1)CN(Cc1ccc(F)cc1)CC2)Nc1ccc(Br)cc1. The minimum Gasteiger partial charge on any atom is -0.325 e. The molecule has 160 valence electrons. The first kappa shape index (κ1) is 21.7. The number of hydrogen-bond donors (Lipinski definition) is 2. The van der Waals surface area contributed by atoms with Crippen LogP contribution in [0.5, 0.6) is 0 Å². The monoisotopic (exact) mass is 502 g/mol. The topological polar surface area (TPSA) is 78.1 Å². The van der Waals surface area contributed by atoms with Gasteiger partial charge in [-0.2, -0.15) is 0 Å². The van der Waals surface area contributed by atoms with Crippen LogP contribution in [0.4, 0.5) is 10.1 Å². The fourth-order valence-electron chi connectivity index (χ4n) is 3.37. The zero-order valence-electron chi connectivity index (χ0n) is 16.5. The summed E-state index contributed by atoms with van der Waals surface area (Å²) in [7, 11) is 0. The van der Waals surface area contributed by atoms with Crippen LogP contribution in [0.25, 0.3) is 0 Å². The maximum absolute atomic E-state index is 13.1. The van der Waals surface area contributed by atoms with Crippen LogP contribution < -0.4 is 10.9 Å². The molecule has 0 atom stereocenters. The molecule has 2 heterocycles. The summed E-state index contributed by atoms with van der Waals surface area (Å²) in [6.07, 6.45) is 0.652. The first-order valence-corrected chi connectivity index (χ1v) is 11.5. The third-order valence-electron chi connectivity index (χ3n) is 4.91. The number of nitrogens with one attached hydrogen (secondary N) is 2. The van der Waals surface area contributed by atoms with Crippen LogP contribution in [-0.4, -0.2) is 33.1 Å². The van der Waals surface area contributed by atoms with Gasteiger partial charge in [-0.1, -0.05) is 39.8 Å². The van der Waals surface area contributed by atoms with Gasteiger partial charge in [0.25, 0.3) is 5.56 Å². The normalized spacial score (nSPS) is 13.6. The maximum Gasteiger partial charge on any atom is 0.256 e. The van der Waals surface area contributed by atoms with Crippen LogP contribution in [0.1, 0.15) is 16.8 Å². The lowest BCUT2D eigenvalue weighted by atomic mass is 10.1. The molecule has 0 aliphatic carbocycles. The summed E-state index contributed by atoms with van der Waals surface area (Å²) in [6.45, 7) is 1.89. The summed E-state index contributed by atoms with van der Waals surface area (Å²) in [4.78, 5) is 34.3. The molecule has 0 fully saturated rings. The number of benzene rings is 2. The number of aromatic nitrogens is 2.